The maximum atomic E-state index is 11.5. The van der Waals surface area contributed by atoms with Gasteiger partial charge in [0.05, 0.1) is 22.8 Å². The molecule has 0 aliphatic heterocycles. The summed E-state index contributed by atoms with van der Waals surface area (Å²) in [6.45, 7) is 27.2. The van der Waals surface area contributed by atoms with Crippen LogP contribution in [0.25, 0.3) is 78.4 Å². The van der Waals surface area contributed by atoms with E-state index in [1.54, 1.807) is 12.1 Å². The van der Waals surface area contributed by atoms with Crippen molar-refractivity contribution in [1.82, 2.24) is 9.97 Å². The number of hydrogen-bond donors (Lipinski definition) is 2. The summed E-state index contributed by atoms with van der Waals surface area (Å²) in [4.78, 5) is 10.3. The van der Waals surface area contributed by atoms with Gasteiger partial charge in [-0.3, -0.25) is 0 Å². The second-order valence-electron chi connectivity index (χ2n) is 21.9. The topological polar surface area (TPSA) is 66.2 Å². The molecule has 2 N–H and O–H groups in total. The second-order valence-corrected chi connectivity index (χ2v) is 21.9. The van der Waals surface area contributed by atoms with Crippen LogP contribution in [0.15, 0.2) is 158 Å². The van der Waals surface area contributed by atoms with Crippen LogP contribution in [0, 0.1) is 14.9 Å². The zero-order chi connectivity index (χ0) is 47.3. The first-order valence-electron chi connectivity index (χ1n) is 23.2. The Morgan fingerprint density at radius 2 is 0.652 bits per heavy atom. The Morgan fingerprint density at radius 3 is 0.971 bits per heavy atom. The van der Waals surface area contributed by atoms with E-state index in [1.165, 1.54) is 22.3 Å². The molecule has 69 heavy (non-hydrogen) atoms. The van der Waals surface area contributed by atoms with E-state index in [9.17, 15) is 10.2 Å². The van der Waals surface area contributed by atoms with E-state index in [-0.39, 0.29) is 73.9 Å². The van der Waals surface area contributed by atoms with E-state index >= 15 is 0 Å². The molecule has 0 aliphatic rings. The van der Waals surface area contributed by atoms with Crippen molar-refractivity contribution in [2.24, 2.45) is 0 Å². The fourth-order valence-electron chi connectivity index (χ4n) is 8.89. The predicted molar refractivity (Wildman–Crippen MR) is 291 cm³/mol. The quantitative estimate of drug-likeness (QED) is 0.123. The van der Waals surface area contributed by atoms with E-state index in [0.717, 1.165) is 44.5 Å². The molecule has 4 nitrogen and oxygen atoms in total. The van der Waals surface area contributed by atoms with Gasteiger partial charge in [0, 0.05) is 37.0 Å². The van der Waals surface area contributed by atoms with Crippen molar-refractivity contribution in [3.8, 4) is 89.9 Å². The molecule has 0 radical (unpaired) electrons. The number of pyridine rings is 2. The van der Waals surface area contributed by atoms with Crippen molar-refractivity contribution < 1.29 is 36.1 Å². The van der Waals surface area contributed by atoms with Crippen molar-refractivity contribution in [2.45, 2.75) is 105 Å². The van der Waals surface area contributed by atoms with Crippen LogP contribution in [0.3, 0.4) is 0 Å². The van der Waals surface area contributed by atoms with Gasteiger partial charge in [-0.25, -0.2) is 9.97 Å². The molecule has 5 heteroatoms. The number of nitrogens with zero attached hydrogens (tertiary/aromatic N) is 2. The van der Waals surface area contributed by atoms with Crippen LogP contribution in [-0.2, 0) is 47.5 Å². The fourth-order valence-corrected chi connectivity index (χ4v) is 8.89. The Bertz CT molecular complexity index is 2860. The molecule has 0 saturated carbocycles. The van der Waals surface area contributed by atoms with E-state index in [4.69, 9.17) is 9.97 Å². The summed E-state index contributed by atoms with van der Waals surface area (Å²) in [6, 6.07) is 54.1. The van der Waals surface area contributed by atoms with Crippen LogP contribution in [-0.4, -0.2) is 20.2 Å². The van der Waals surface area contributed by atoms with Crippen LogP contribution in [0.5, 0.6) is 11.5 Å². The molecule has 8 aromatic rings. The van der Waals surface area contributed by atoms with Gasteiger partial charge in [-0.1, -0.05) is 180 Å². The smallest absolute Gasteiger partial charge is 0.125 e. The van der Waals surface area contributed by atoms with Gasteiger partial charge in [-0.2, -0.15) is 0 Å². The van der Waals surface area contributed by atoms with Gasteiger partial charge >= 0.3 is 0 Å². The monoisotopic (exact) mass is 1080 g/mol. The molecule has 2 aromatic heterocycles. The van der Waals surface area contributed by atoms with E-state index < -0.39 is 0 Å². The molecule has 354 valence electrons. The number of benzene rings is 6. The number of phenols is 2. The molecule has 0 bridgehead atoms. The average molecular weight is 1080 g/mol. The summed E-state index contributed by atoms with van der Waals surface area (Å²) in [5.41, 5.74) is 17.4. The standard InChI is InChI=1S/C62H64N2O2.2CH3.Hf/c1-59(2,3)43-35-45(39-21-15-13-16-22-39)57(49(37-43)61(7,8)9)41-29-31-55(65)47(33-41)51-25-19-27-53(63-51)54-28-20-26-52(64-54)48-34-42(30-32-56(48)66)58-46(40-23-17-14-18-24-40)36-44(60(4,5)6)38-50(58)62(10,11)12;;;/h13-38,65-66H,1-12H3;2*1H3;/q;2*-1;. The Hall–Kier alpha value is -5.91. The molecule has 0 atom stereocenters. The first-order chi connectivity index (χ1) is 31.1. The molecule has 0 saturated heterocycles. The third-order valence-corrected chi connectivity index (χ3v) is 12.7. The number of phenolic OH excluding ortho intramolecular Hbond substituents is 2. The van der Waals surface area contributed by atoms with E-state index in [2.05, 4.69) is 180 Å². The van der Waals surface area contributed by atoms with Crippen LogP contribution < -0.4 is 0 Å². The molecule has 6 aromatic carbocycles. The third-order valence-electron chi connectivity index (χ3n) is 12.7. The molecule has 0 aliphatic carbocycles. The van der Waals surface area contributed by atoms with Gasteiger partial charge in [0.1, 0.15) is 11.5 Å². The summed E-state index contributed by atoms with van der Waals surface area (Å²) in [6.07, 6.45) is 0. The fraction of sp³-hybridized carbons (Fsp3) is 0.250. The molecule has 0 spiro atoms. The number of aromatic nitrogens is 2. The number of rotatable bonds is 7. The minimum atomic E-state index is -0.170. The second kappa shape index (κ2) is 20.6. The third kappa shape index (κ3) is 11.4. The molecular formula is C64H70HfN2O2-2. The molecule has 8 rings (SSSR count). The van der Waals surface area contributed by atoms with Gasteiger partial charge in [-0.15, -0.1) is 0 Å². The molecular weight excluding hydrogens is 1010 g/mol. The van der Waals surface area contributed by atoms with Gasteiger partial charge in [0.2, 0.25) is 0 Å². The van der Waals surface area contributed by atoms with Crippen molar-refractivity contribution >= 4 is 0 Å². The first kappa shape index (κ1) is 54.0. The van der Waals surface area contributed by atoms with Crippen molar-refractivity contribution in [3.05, 3.63) is 195 Å². The van der Waals surface area contributed by atoms with Gasteiger partial charge < -0.3 is 25.1 Å². The van der Waals surface area contributed by atoms with E-state index in [1.807, 2.05) is 48.5 Å². The molecule has 0 amide bonds. The van der Waals surface area contributed by atoms with Crippen molar-refractivity contribution in [3.63, 3.8) is 0 Å². The van der Waals surface area contributed by atoms with Crippen LogP contribution in [0.1, 0.15) is 105 Å². The Morgan fingerprint density at radius 1 is 0.319 bits per heavy atom. The summed E-state index contributed by atoms with van der Waals surface area (Å²) >= 11 is 0. The van der Waals surface area contributed by atoms with Crippen LogP contribution >= 0.6 is 0 Å². The Kier molecular flexibility index (Phi) is 16.1. The summed E-state index contributed by atoms with van der Waals surface area (Å²) in [7, 11) is 0. The van der Waals surface area contributed by atoms with Crippen molar-refractivity contribution in [1.29, 1.82) is 0 Å². The number of aromatic hydroxyl groups is 2. The predicted octanol–water partition coefficient (Wildman–Crippen LogP) is 17.6. The first-order valence-corrected chi connectivity index (χ1v) is 23.2. The summed E-state index contributed by atoms with van der Waals surface area (Å²) in [5.74, 6) is 0.300. The molecule has 0 fully saturated rings. The van der Waals surface area contributed by atoms with Crippen LogP contribution in [0.4, 0.5) is 0 Å². The van der Waals surface area contributed by atoms with Gasteiger partial charge in [0.15, 0.2) is 0 Å². The largest absolute Gasteiger partial charge is 0.507 e. The van der Waals surface area contributed by atoms with Crippen molar-refractivity contribution in [2.75, 3.05) is 0 Å². The minimum Gasteiger partial charge on any atom is -0.507 e. The van der Waals surface area contributed by atoms with Crippen LogP contribution in [0.2, 0.25) is 0 Å². The molecule has 0 unspecified atom stereocenters. The van der Waals surface area contributed by atoms with Gasteiger partial charge in [-0.05, 0) is 149 Å². The zero-order valence-electron chi connectivity index (χ0n) is 43.3. The van der Waals surface area contributed by atoms with E-state index in [0.29, 0.717) is 33.9 Å². The Balaban J connectivity index is 0.00000296. The van der Waals surface area contributed by atoms with Gasteiger partial charge in [0.25, 0.3) is 0 Å². The zero-order valence-corrected chi connectivity index (χ0v) is 46.9. The number of hydrogen-bond acceptors (Lipinski definition) is 4. The maximum absolute atomic E-state index is 11.5. The average Bonchev–Trinajstić information content (AvgIpc) is 3.28. The summed E-state index contributed by atoms with van der Waals surface area (Å²) < 4.78 is 0. The maximum Gasteiger partial charge on any atom is 0.125 e. The minimum absolute atomic E-state index is 0. The molecule has 2 heterocycles. The summed E-state index contributed by atoms with van der Waals surface area (Å²) in [5, 5.41) is 23.1. The Labute approximate surface area is 432 Å². The normalized spacial score (nSPS) is 11.8. The SMILES string of the molecule is CC(C)(C)c1cc(-c2ccccc2)c(-c2ccc(O)c(-c3cccc(-c4cccc(-c5cc(-c6c(-c7ccccc7)cc(C(C)(C)C)cc6C(C)(C)C)ccc5O)n4)n3)c2)c(C(C)(C)C)c1.[CH3-].[CH3-].[Hf].